The van der Waals surface area contributed by atoms with E-state index in [4.69, 9.17) is 4.74 Å². The van der Waals surface area contributed by atoms with E-state index in [1.54, 1.807) is 6.08 Å². The van der Waals surface area contributed by atoms with Crippen LogP contribution < -0.4 is 0 Å². The summed E-state index contributed by atoms with van der Waals surface area (Å²) in [5.74, 6) is 1.36. The lowest BCUT2D eigenvalue weighted by molar-refractivity contribution is 0.324. The van der Waals surface area contributed by atoms with E-state index in [2.05, 4.69) is 13.2 Å². The van der Waals surface area contributed by atoms with Crippen molar-refractivity contribution in [3.05, 3.63) is 49.1 Å². The third kappa shape index (κ3) is 6.94. The standard InChI is InChI=1S/C11H17NO/c1-6-10(2)13-11(3)8-7-9-12(4)5/h6-9H,1-2H2,3-5H3/b9-7-,11-8+. The van der Waals surface area contributed by atoms with Crippen molar-refractivity contribution >= 4 is 0 Å². The van der Waals surface area contributed by atoms with Gasteiger partial charge in [-0.3, -0.25) is 0 Å². The zero-order chi connectivity index (χ0) is 10.3. The minimum absolute atomic E-state index is 0.562. The van der Waals surface area contributed by atoms with Crippen molar-refractivity contribution in [2.24, 2.45) is 0 Å². The summed E-state index contributed by atoms with van der Waals surface area (Å²) in [6.45, 7) is 9.05. The number of hydrogen-bond donors (Lipinski definition) is 0. The van der Waals surface area contributed by atoms with Crippen LogP contribution in [0.2, 0.25) is 0 Å². The van der Waals surface area contributed by atoms with Gasteiger partial charge in [0.2, 0.25) is 0 Å². The fourth-order valence-electron chi connectivity index (χ4n) is 0.633. The molecule has 0 N–H and O–H groups in total. The van der Waals surface area contributed by atoms with E-state index in [1.807, 2.05) is 44.3 Å². The van der Waals surface area contributed by atoms with Gasteiger partial charge in [0.25, 0.3) is 0 Å². The highest BCUT2D eigenvalue weighted by Crippen LogP contribution is 2.04. The second kappa shape index (κ2) is 6.12. The Bertz CT molecular complexity index is 236. The van der Waals surface area contributed by atoms with Crippen molar-refractivity contribution in [2.45, 2.75) is 6.92 Å². The molecule has 0 saturated heterocycles. The quantitative estimate of drug-likeness (QED) is 0.475. The zero-order valence-electron chi connectivity index (χ0n) is 8.58. The van der Waals surface area contributed by atoms with E-state index in [1.165, 1.54) is 0 Å². The molecule has 0 radical (unpaired) electrons. The second-order valence-electron chi connectivity index (χ2n) is 2.85. The topological polar surface area (TPSA) is 12.5 Å². The van der Waals surface area contributed by atoms with Crippen LogP contribution in [0.15, 0.2) is 49.1 Å². The van der Waals surface area contributed by atoms with Crippen LogP contribution in [0.3, 0.4) is 0 Å². The van der Waals surface area contributed by atoms with Crippen molar-refractivity contribution in [2.75, 3.05) is 14.1 Å². The van der Waals surface area contributed by atoms with Gasteiger partial charge < -0.3 is 9.64 Å². The molecular weight excluding hydrogens is 162 g/mol. The summed E-state index contributed by atoms with van der Waals surface area (Å²) in [7, 11) is 3.92. The molecular formula is C11H17NO. The molecule has 72 valence electrons. The van der Waals surface area contributed by atoms with Crippen LogP contribution in [0, 0.1) is 0 Å². The smallest absolute Gasteiger partial charge is 0.119 e. The van der Waals surface area contributed by atoms with Crippen LogP contribution in [0.25, 0.3) is 0 Å². The van der Waals surface area contributed by atoms with Crippen molar-refractivity contribution in [3.8, 4) is 0 Å². The predicted octanol–water partition coefficient (Wildman–Crippen LogP) is 2.68. The van der Waals surface area contributed by atoms with Gasteiger partial charge in [-0.25, -0.2) is 0 Å². The zero-order valence-corrected chi connectivity index (χ0v) is 8.58. The summed E-state index contributed by atoms with van der Waals surface area (Å²) in [6.07, 6.45) is 7.29. The normalized spacial score (nSPS) is 11.5. The summed E-state index contributed by atoms with van der Waals surface area (Å²) < 4.78 is 5.26. The minimum Gasteiger partial charge on any atom is -0.463 e. The molecule has 0 fully saturated rings. The Hall–Kier alpha value is -1.44. The molecule has 0 bridgehead atoms. The molecule has 0 aromatic heterocycles. The summed E-state index contributed by atoms with van der Waals surface area (Å²) in [4.78, 5) is 1.95. The molecule has 0 aromatic carbocycles. The van der Waals surface area contributed by atoms with Crippen molar-refractivity contribution in [1.82, 2.24) is 4.90 Å². The van der Waals surface area contributed by atoms with Gasteiger partial charge in [0, 0.05) is 14.1 Å². The van der Waals surface area contributed by atoms with E-state index >= 15 is 0 Å². The number of hydrogen-bond acceptors (Lipinski definition) is 2. The van der Waals surface area contributed by atoms with Gasteiger partial charge in [0.1, 0.15) is 11.5 Å². The van der Waals surface area contributed by atoms with Crippen LogP contribution in [-0.4, -0.2) is 19.0 Å². The van der Waals surface area contributed by atoms with Gasteiger partial charge in [-0.05, 0) is 31.4 Å². The Morgan fingerprint density at radius 2 is 2.00 bits per heavy atom. The summed E-state index contributed by atoms with van der Waals surface area (Å²) >= 11 is 0. The van der Waals surface area contributed by atoms with Crippen LogP contribution in [0.4, 0.5) is 0 Å². The van der Waals surface area contributed by atoms with Gasteiger partial charge in [-0.1, -0.05) is 13.2 Å². The molecule has 2 nitrogen and oxygen atoms in total. The molecule has 0 rings (SSSR count). The highest BCUT2D eigenvalue weighted by molar-refractivity contribution is 5.11. The molecule has 0 aliphatic heterocycles. The summed E-state index contributed by atoms with van der Waals surface area (Å²) in [5, 5.41) is 0. The van der Waals surface area contributed by atoms with Crippen molar-refractivity contribution in [3.63, 3.8) is 0 Å². The average Bonchev–Trinajstić information content (AvgIpc) is 2.03. The monoisotopic (exact) mass is 179 g/mol. The van der Waals surface area contributed by atoms with Crippen LogP contribution in [0.1, 0.15) is 6.92 Å². The highest BCUT2D eigenvalue weighted by Gasteiger charge is 1.88. The lowest BCUT2D eigenvalue weighted by Crippen LogP contribution is -1.99. The Morgan fingerprint density at radius 3 is 2.46 bits per heavy atom. The molecule has 0 amide bonds. The van der Waals surface area contributed by atoms with Gasteiger partial charge in [0.05, 0.1) is 0 Å². The van der Waals surface area contributed by atoms with Crippen molar-refractivity contribution < 1.29 is 4.74 Å². The molecule has 0 unspecified atom stereocenters. The van der Waals surface area contributed by atoms with E-state index in [9.17, 15) is 0 Å². The molecule has 0 heterocycles. The molecule has 0 atom stereocenters. The van der Waals surface area contributed by atoms with E-state index in [0.29, 0.717) is 5.76 Å². The van der Waals surface area contributed by atoms with Gasteiger partial charge >= 0.3 is 0 Å². The number of rotatable bonds is 5. The molecule has 0 aliphatic rings. The molecule has 0 aliphatic carbocycles. The molecule has 0 spiro atoms. The molecule has 0 saturated carbocycles. The van der Waals surface area contributed by atoms with Gasteiger partial charge in [-0.15, -0.1) is 0 Å². The van der Waals surface area contributed by atoms with Gasteiger partial charge in [0.15, 0.2) is 0 Å². The molecule has 13 heavy (non-hydrogen) atoms. The third-order valence-corrected chi connectivity index (χ3v) is 1.23. The predicted molar refractivity (Wildman–Crippen MR) is 57.0 cm³/mol. The van der Waals surface area contributed by atoms with Crippen LogP contribution in [0.5, 0.6) is 0 Å². The fourth-order valence-corrected chi connectivity index (χ4v) is 0.633. The molecule has 2 heteroatoms. The Labute approximate surface area is 80.5 Å². The summed E-state index contributed by atoms with van der Waals surface area (Å²) in [6, 6.07) is 0. The van der Waals surface area contributed by atoms with E-state index in [0.717, 1.165) is 5.76 Å². The first-order valence-electron chi connectivity index (χ1n) is 4.07. The Balaban J connectivity index is 4.02. The molecule has 0 aromatic rings. The first-order chi connectivity index (χ1) is 6.06. The maximum absolute atomic E-state index is 5.26. The highest BCUT2D eigenvalue weighted by atomic mass is 16.5. The van der Waals surface area contributed by atoms with Crippen molar-refractivity contribution in [1.29, 1.82) is 0 Å². The maximum Gasteiger partial charge on any atom is 0.119 e. The number of allylic oxidation sites excluding steroid dienone is 4. The Morgan fingerprint density at radius 1 is 1.38 bits per heavy atom. The number of nitrogens with zero attached hydrogens (tertiary/aromatic N) is 1. The number of ether oxygens (including phenoxy) is 1. The fraction of sp³-hybridized carbons (Fsp3) is 0.273. The SMILES string of the molecule is C=CC(=C)O/C(C)=C/C=C\N(C)C. The summed E-state index contributed by atoms with van der Waals surface area (Å²) in [5.41, 5.74) is 0. The van der Waals surface area contributed by atoms with Gasteiger partial charge in [-0.2, -0.15) is 0 Å². The third-order valence-electron chi connectivity index (χ3n) is 1.23. The minimum atomic E-state index is 0.562. The van der Waals surface area contributed by atoms with Crippen LogP contribution in [-0.2, 0) is 4.74 Å². The first-order valence-corrected chi connectivity index (χ1v) is 4.07. The average molecular weight is 179 g/mol. The maximum atomic E-state index is 5.26. The van der Waals surface area contributed by atoms with E-state index < -0.39 is 0 Å². The Kier molecular flexibility index (Phi) is 5.44. The van der Waals surface area contributed by atoms with E-state index in [-0.39, 0.29) is 0 Å². The lowest BCUT2D eigenvalue weighted by Gasteiger charge is -2.04. The largest absolute Gasteiger partial charge is 0.463 e. The lowest BCUT2D eigenvalue weighted by atomic mass is 10.4. The second-order valence-corrected chi connectivity index (χ2v) is 2.85. The first kappa shape index (κ1) is 11.6. The van der Waals surface area contributed by atoms with Crippen LogP contribution >= 0.6 is 0 Å².